The van der Waals surface area contributed by atoms with Crippen molar-refractivity contribution in [3.05, 3.63) is 29.3 Å². The van der Waals surface area contributed by atoms with Gasteiger partial charge in [-0.3, -0.25) is 4.79 Å². The third-order valence-electron chi connectivity index (χ3n) is 1.73. The van der Waals surface area contributed by atoms with Gasteiger partial charge in [0.15, 0.2) is 0 Å². The number of nitrogen functional groups attached to an aromatic ring is 1. The maximum atomic E-state index is 10.8. The molecular weight excluding hydrogens is 184 g/mol. The van der Waals surface area contributed by atoms with Gasteiger partial charge in [-0.15, -0.1) is 0 Å². The number of hydrogen-bond donors (Lipinski definition) is 2. The fourth-order valence-electron chi connectivity index (χ4n) is 1.04. The zero-order chi connectivity index (χ0) is 9.84. The molecule has 70 valence electrons. The lowest BCUT2D eigenvalue weighted by Gasteiger charge is -2.04. The summed E-state index contributed by atoms with van der Waals surface area (Å²) in [5.41, 5.74) is 13.0. The van der Waals surface area contributed by atoms with Crippen molar-refractivity contribution < 1.29 is 4.79 Å². The topological polar surface area (TPSA) is 69.1 Å². The Kier molecular flexibility index (Phi) is 3.19. The number of anilines is 1. The molecule has 0 spiro atoms. The van der Waals surface area contributed by atoms with Crippen LogP contribution in [0.1, 0.15) is 15.9 Å². The van der Waals surface area contributed by atoms with E-state index in [1.165, 1.54) is 0 Å². The van der Waals surface area contributed by atoms with Crippen LogP contribution < -0.4 is 11.5 Å². The van der Waals surface area contributed by atoms with Crippen LogP contribution in [0.25, 0.3) is 0 Å². The summed E-state index contributed by atoms with van der Waals surface area (Å²) >= 11 is 1.69. The molecular formula is C9H12N2OS. The summed E-state index contributed by atoms with van der Waals surface area (Å²) in [7, 11) is 0. The van der Waals surface area contributed by atoms with E-state index >= 15 is 0 Å². The molecule has 0 fully saturated rings. The van der Waals surface area contributed by atoms with Crippen molar-refractivity contribution in [2.24, 2.45) is 5.73 Å². The molecule has 0 radical (unpaired) electrons. The minimum absolute atomic E-state index is 0.442. The van der Waals surface area contributed by atoms with E-state index in [-0.39, 0.29) is 0 Å². The van der Waals surface area contributed by atoms with Gasteiger partial charge >= 0.3 is 0 Å². The van der Waals surface area contributed by atoms with Gasteiger partial charge in [0.1, 0.15) is 0 Å². The SMILES string of the molecule is CSCc1ccc(C(N)=O)cc1N. The molecule has 0 unspecified atom stereocenters. The third-order valence-corrected chi connectivity index (χ3v) is 2.33. The predicted octanol–water partition coefficient (Wildman–Crippen LogP) is 1.23. The van der Waals surface area contributed by atoms with Crippen LogP contribution in [0.5, 0.6) is 0 Å². The second-order valence-electron chi connectivity index (χ2n) is 2.71. The summed E-state index contributed by atoms with van der Waals surface area (Å²) in [6.07, 6.45) is 2.00. The molecule has 0 aliphatic heterocycles. The average Bonchev–Trinajstić information content (AvgIpc) is 2.08. The number of primary amides is 1. The van der Waals surface area contributed by atoms with E-state index in [4.69, 9.17) is 11.5 Å². The Balaban J connectivity index is 2.98. The Bertz CT molecular complexity index is 325. The molecule has 1 amide bonds. The van der Waals surface area contributed by atoms with E-state index in [2.05, 4.69) is 0 Å². The van der Waals surface area contributed by atoms with Crippen molar-refractivity contribution in [1.82, 2.24) is 0 Å². The summed E-state index contributed by atoms with van der Waals surface area (Å²) in [6, 6.07) is 5.16. The molecule has 0 saturated carbocycles. The van der Waals surface area contributed by atoms with Crippen molar-refractivity contribution in [2.45, 2.75) is 5.75 Å². The summed E-state index contributed by atoms with van der Waals surface area (Å²) in [6.45, 7) is 0. The summed E-state index contributed by atoms with van der Waals surface area (Å²) in [5, 5.41) is 0. The van der Waals surface area contributed by atoms with Crippen LogP contribution in [0.4, 0.5) is 5.69 Å². The third kappa shape index (κ3) is 2.39. The van der Waals surface area contributed by atoms with Crippen LogP contribution in [0, 0.1) is 0 Å². The van der Waals surface area contributed by atoms with Gasteiger partial charge in [-0.25, -0.2) is 0 Å². The maximum absolute atomic E-state index is 10.8. The Morgan fingerprint density at radius 2 is 2.23 bits per heavy atom. The molecule has 13 heavy (non-hydrogen) atoms. The van der Waals surface area contributed by atoms with Gasteiger partial charge in [-0.05, 0) is 24.0 Å². The normalized spacial score (nSPS) is 9.92. The molecule has 0 aromatic heterocycles. The molecule has 1 aromatic rings. The zero-order valence-electron chi connectivity index (χ0n) is 7.41. The second-order valence-corrected chi connectivity index (χ2v) is 3.58. The lowest BCUT2D eigenvalue weighted by atomic mass is 10.1. The highest BCUT2D eigenvalue weighted by atomic mass is 32.2. The summed E-state index contributed by atoms with van der Waals surface area (Å²) in [4.78, 5) is 10.8. The van der Waals surface area contributed by atoms with Gasteiger partial charge in [0.2, 0.25) is 5.91 Å². The van der Waals surface area contributed by atoms with Crippen molar-refractivity contribution in [2.75, 3.05) is 12.0 Å². The van der Waals surface area contributed by atoms with Gasteiger partial charge < -0.3 is 11.5 Å². The zero-order valence-corrected chi connectivity index (χ0v) is 8.23. The number of rotatable bonds is 3. The Hall–Kier alpha value is -1.16. The summed E-state index contributed by atoms with van der Waals surface area (Å²) < 4.78 is 0. The number of hydrogen-bond acceptors (Lipinski definition) is 3. The minimum atomic E-state index is -0.442. The highest BCUT2D eigenvalue weighted by Gasteiger charge is 2.03. The highest BCUT2D eigenvalue weighted by molar-refractivity contribution is 7.97. The molecule has 0 saturated heterocycles. The van der Waals surface area contributed by atoms with E-state index in [9.17, 15) is 4.79 Å². The van der Waals surface area contributed by atoms with Gasteiger partial charge in [0.05, 0.1) is 0 Å². The molecule has 1 aromatic carbocycles. The Morgan fingerprint density at radius 3 is 2.69 bits per heavy atom. The molecule has 1 rings (SSSR count). The van der Waals surface area contributed by atoms with Gasteiger partial charge in [-0.1, -0.05) is 6.07 Å². The maximum Gasteiger partial charge on any atom is 0.248 e. The van der Waals surface area contributed by atoms with Crippen LogP contribution in [-0.2, 0) is 5.75 Å². The fraction of sp³-hybridized carbons (Fsp3) is 0.222. The Labute approximate surface area is 81.5 Å². The van der Waals surface area contributed by atoms with Crippen LogP contribution in [0.15, 0.2) is 18.2 Å². The number of nitrogens with two attached hydrogens (primary N) is 2. The largest absolute Gasteiger partial charge is 0.398 e. The van der Waals surface area contributed by atoms with Crippen molar-refractivity contribution >= 4 is 23.4 Å². The average molecular weight is 196 g/mol. The first kappa shape index (κ1) is 9.92. The van der Waals surface area contributed by atoms with Crippen LogP contribution in [0.2, 0.25) is 0 Å². The van der Waals surface area contributed by atoms with Crippen LogP contribution in [0.3, 0.4) is 0 Å². The standard InChI is InChI=1S/C9H12N2OS/c1-13-5-7-3-2-6(9(11)12)4-8(7)10/h2-4H,5,10H2,1H3,(H2,11,12). The number of benzene rings is 1. The van der Waals surface area contributed by atoms with Crippen molar-refractivity contribution in [3.63, 3.8) is 0 Å². The Morgan fingerprint density at radius 1 is 1.54 bits per heavy atom. The first-order valence-electron chi connectivity index (χ1n) is 3.82. The molecule has 0 bridgehead atoms. The minimum Gasteiger partial charge on any atom is -0.398 e. The molecule has 4 heteroatoms. The van der Waals surface area contributed by atoms with Gasteiger partial charge in [0.25, 0.3) is 0 Å². The van der Waals surface area contributed by atoms with Crippen LogP contribution in [-0.4, -0.2) is 12.2 Å². The van der Waals surface area contributed by atoms with E-state index in [1.54, 1.807) is 23.9 Å². The number of carbonyl (C=O) groups is 1. The first-order chi connectivity index (χ1) is 6.15. The molecule has 0 aliphatic carbocycles. The predicted molar refractivity (Wildman–Crippen MR) is 56.6 cm³/mol. The lowest BCUT2D eigenvalue weighted by molar-refractivity contribution is 0.100. The fourth-order valence-corrected chi connectivity index (χ4v) is 1.61. The van der Waals surface area contributed by atoms with E-state index in [1.807, 2.05) is 12.3 Å². The molecule has 0 heterocycles. The smallest absolute Gasteiger partial charge is 0.248 e. The molecule has 0 aliphatic rings. The summed E-state index contributed by atoms with van der Waals surface area (Å²) in [5.74, 6) is 0.410. The number of thioether (sulfide) groups is 1. The quantitative estimate of drug-likeness (QED) is 0.714. The second kappa shape index (κ2) is 4.18. The van der Waals surface area contributed by atoms with E-state index < -0.39 is 5.91 Å². The highest BCUT2D eigenvalue weighted by Crippen LogP contribution is 2.18. The number of amides is 1. The van der Waals surface area contributed by atoms with E-state index in [0.29, 0.717) is 11.3 Å². The monoisotopic (exact) mass is 196 g/mol. The van der Waals surface area contributed by atoms with Crippen molar-refractivity contribution in [3.8, 4) is 0 Å². The van der Waals surface area contributed by atoms with Gasteiger partial charge in [-0.2, -0.15) is 11.8 Å². The molecule has 0 atom stereocenters. The number of carbonyl (C=O) groups excluding carboxylic acids is 1. The molecule has 4 N–H and O–H groups in total. The van der Waals surface area contributed by atoms with E-state index in [0.717, 1.165) is 11.3 Å². The van der Waals surface area contributed by atoms with Gasteiger partial charge in [0, 0.05) is 17.0 Å². The van der Waals surface area contributed by atoms with Crippen molar-refractivity contribution in [1.29, 1.82) is 0 Å². The molecule has 3 nitrogen and oxygen atoms in total. The van der Waals surface area contributed by atoms with Crippen LogP contribution >= 0.6 is 11.8 Å². The lowest BCUT2D eigenvalue weighted by Crippen LogP contribution is -2.11. The first-order valence-corrected chi connectivity index (χ1v) is 5.21.